The van der Waals surface area contributed by atoms with Crippen LogP contribution < -0.4 is 4.74 Å². The average Bonchev–Trinajstić information content (AvgIpc) is 2.68. The van der Waals surface area contributed by atoms with E-state index in [9.17, 15) is 9.59 Å². The summed E-state index contributed by atoms with van der Waals surface area (Å²) in [5.41, 5.74) is 1.70. The molecule has 2 heterocycles. The molecule has 0 saturated heterocycles. The molecule has 0 aliphatic carbocycles. The molecule has 1 aromatic carbocycles. The van der Waals surface area contributed by atoms with Gasteiger partial charge >= 0.3 is 5.97 Å². The molecule has 0 aliphatic rings. The van der Waals surface area contributed by atoms with E-state index in [2.05, 4.69) is 9.97 Å². The molecule has 0 radical (unpaired) electrons. The van der Waals surface area contributed by atoms with Gasteiger partial charge in [0.2, 0.25) is 5.88 Å². The Labute approximate surface area is 144 Å². The van der Waals surface area contributed by atoms with Gasteiger partial charge in [0.15, 0.2) is 5.78 Å². The van der Waals surface area contributed by atoms with Crippen LogP contribution in [0.5, 0.6) is 5.88 Å². The van der Waals surface area contributed by atoms with E-state index in [1.165, 1.54) is 18.5 Å². The first-order valence-corrected chi connectivity index (χ1v) is 7.58. The number of ketones is 1. The summed E-state index contributed by atoms with van der Waals surface area (Å²) in [5.74, 6) is -0.434. The number of hydrogen-bond acceptors (Lipinski definition) is 5. The van der Waals surface area contributed by atoms with Crippen molar-refractivity contribution in [3.8, 4) is 5.88 Å². The van der Waals surface area contributed by atoms with E-state index in [-0.39, 0.29) is 11.7 Å². The predicted octanol–water partition coefficient (Wildman–Crippen LogP) is 3.59. The lowest BCUT2D eigenvalue weighted by Crippen LogP contribution is -2.09. The van der Waals surface area contributed by atoms with E-state index in [0.29, 0.717) is 11.1 Å². The second-order valence-electron chi connectivity index (χ2n) is 5.12. The van der Waals surface area contributed by atoms with Crippen molar-refractivity contribution in [2.45, 2.75) is 0 Å². The molecule has 0 amide bonds. The number of rotatable bonds is 5. The standard InChI is InChI=1S/C20H14N2O3/c23-18(16-5-2-1-3-6-16)10-8-15-9-11-19(22-13-15)25-20(24)17-7-4-12-21-14-17/h1-14H/b10-8+. The Balaban J connectivity index is 1.63. The van der Waals surface area contributed by atoms with Gasteiger partial charge in [-0.25, -0.2) is 9.78 Å². The Kier molecular flexibility index (Phi) is 5.07. The van der Waals surface area contributed by atoms with Crippen molar-refractivity contribution in [1.82, 2.24) is 9.97 Å². The van der Waals surface area contributed by atoms with Crippen LogP contribution in [0.3, 0.4) is 0 Å². The van der Waals surface area contributed by atoms with Crippen LogP contribution in [0.2, 0.25) is 0 Å². The molecule has 25 heavy (non-hydrogen) atoms. The van der Waals surface area contributed by atoms with Crippen LogP contribution in [0.1, 0.15) is 26.3 Å². The highest BCUT2D eigenvalue weighted by atomic mass is 16.5. The number of benzene rings is 1. The fraction of sp³-hybridized carbons (Fsp3) is 0. The summed E-state index contributed by atoms with van der Waals surface area (Å²) in [4.78, 5) is 31.8. The van der Waals surface area contributed by atoms with Gasteiger partial charge in [-0.05, 0) is 35.9 Å². The van der Waals surface area contributed by atoms with E-state index < -0.39 is 5.97 Å². The fourth-order valence-electron chi connectivity index (χ4n) is 2.06. The third kappa shape index (κ3) is 4.45. The fourth-order valence-corrected chi connectivity index (χ4v) is 2.06. The molecule has 0 aliphatic heterocycles. The van der Waals surface area contributed by atoms with Gasteiger partial charge in [-0.15, -0.1) is 0 Å². The predicted molar refractivity (Wildman–Crippen MR) is 93.2 cm³/mol. The van der Waals surface area contributed by atoms with Crippen molar-refractivity contribution in [2.24, 2.45) is 0 Å². The quantitative estimate of drug-likeness (QED) is 0.406. The third-order valence-electron chi connectivity index (χ3n) is 3.34. The summed E-state index contributed by atoms with van der Waals surface area (Å²) in [7, 11) is 0. The van der Waals surface area contributed by atoms with Crippen molar-refractivity contribution in [2.75, 3.05) is 0 Å². The van der Waals surface area contributed by atoms with Crippen LogP contribution in [-0.2, 0) is 0 Å². The Morgan fingerprint density at radius 2 is 1.68 bits per heavy atom. The van der Waals surface area contributed by atoms with Crippen molar-refractivity contribution in [3.05, 3.63) is 96.0 Å². The van der Waals surface area contributed by atoms with Gasteiger partial charge in [-0.1, -0.05) is 30.3 Å². The first-order valence-electron chi connectivity index (χ1n) is 7.58. The van der Waals surface area contributed by atoms with Crippen molar-refractivity contribution in [1.29, 1.82) is 0 Å². The Morgan fingerprint density at radius 1 is 0.880 bits per heavy atom. The van der Waals surface area contributed by atoms with Crippen LogP contribution in [0.25, 0.3) is 6.08 Å². The van der Waals surface area contributed by atoms with Gasteiger partial charge in [0.25, 0.3) is 0 Å². The van der Waals surface area contributed by atoms with Crippen LogP contribution in [-0.4, -0.2) is 21.7 Å². The molecule has 0 saturated carbocycles. The number of carbonyl (C=O) groups is 2. The Hall–Kier alpha value is -3.60. The molecule has 0 N–H and O–H groups in total. The second-order valence-corrected chi connectivity index (χ2v) is 5.12. The van der Waals surface area contributed by atoms with Gasteiger partial charge in [0.1, 0.15) is 0 Å². The summed E-state index contributed by atoms with van der Waals surface area (Å²) >= 11 is 0. The maximum absolute atomic E-state index is 12.0. The number of ether oxygens (including phenoxy) is 1. The highest BCUT2D eigenvalue weighted by Gasteiger charge is 2.08. The Morgan fingerprint density at radius 3 is 2.36 bits per heavy atom. The maximum Gasteiger partial charge on any atom is 0.346 e. The van der Waals surface area contributed by atoms with Crippen molar-refractivity contribution in [3.63, 3.8) is 0 Å². The van der Waals surface area contributed by atoms with Crippen LogP contribution in [0.15, 0.2) is 79.3 Å². The summed E-state index contributed by atoms with van der Waals surface area (Å²) in [5, 5.41) is 0. The SMILES string of the molecule is O=C(/C=C/c1ccc(OC(=O)c2cccnc2)nc1)c1ccccc1. The monoisotopic (exact) mass is 330 g/mol. The molecular weight excluding hydrogens is 316 g/mol. The van der Waals surface area contributed by atoms with Crippen LogP contribution in [0, 0.1) is 0 Å². The summed E-state index contributed by atoms with van der Waals surface area (Å²) < 4.78 is 5.17. The molecule has 5 nitrogen and oxygen atoms in total. The highest BCUT2D eigenvalue weighted by Crippen LogP contribution is 2.12. The minimum Gasteiger partial charge on any atom is -0.404 e. The molecular formula is C20H14N2O3. The van der Waals surface area contributed by atoms with Crippen LogP contribution >= 0.6 is 0 Å². The number of nitrogens with zero attached hydrogens (tertiary/aromatic N) is 2. The van der Waals surface area contributed by atoms with Gasteiger partial charge in [-0.3, -0.25) is 9.78 Å². The molecule has 3 rings (SSSR count). The third-order valence-corrected chi connectivity index (χ3v) is 3.34. The number of esters is 1. The van der Waals surface area contributed by atoms with E-state index in [1.807, 2.05) is 18.2 Å². The number of pyridine rings is 2. The van der Waals surface area contributed by atoms with E-state index in [1.54, 1.807) is 48.7 Å². The largest absolute Gasteiger partial charge is 0.404 e. The number of aromatic nitrogens is 2. The first kappa shape index (κ1) is 16.3. The topological polar surface area (TPSA) is 69.2 Å². The summed E-state index contributed by atoms with van der Waals surface area (Å²) in [6.07, 6.45) is 7.67. The molecule has 0 spiro atoms. The number of hydrogen-bond donors (Lipinski definition) is 0. The van der Waals surface area contributed by atoms with Crippen molar-refractivity contribution >= 4 is 17.8 Å². The van der Waals surface area contributed by atoms with Gasteiger partial charge in [0.05, 0.1) is 5.56 Å². The number of carbonyl (C=O) groups excluding carboxylic acids is 2. The average molecular weight is 330 g/mol. The van der Waals surface area contributed by atoms with E-state index in [0.717, 1.165) is 5.56 Å². The maximum atomic E-state index is 12.0. The lowest BCUT2D eigenvalue weighted by Gasteiger charge is -2.03. The zero-order valence-corrected chi connectivity index (χ0v) is 13.2. The smallest absolute Gasteiger partial charge is 0.346 e. The van der Waals surface area contributed by atoms with E-state index >= 15 is 0 Å². The first-order chi connectivity index (χ1) is 12.2. The van der Waals surface area contributed by atoms with Crippen molar-refractivity contribution < 1.29 is 14.3 Å². The summed E-state index contributed by atoms with van der Waals surface area (Å²) in [6, 6.07) is 15.5. The molecule has 122 valence electrons. The molecule has 0 atom stereocenters. The normalized spacial score (nSPS) is 10.6. The molecule has 0 bridgehead atoms. The molecule has 2 aromatic heterocycles. The number of allylic oxidation sites excluding steroid dienone is 1. The summed E-state index contributed by atoms with van der Waals surface area (Å²) in [6.45, 7) is 0. The Bertz CT molecular complexity index is 889. The van der Waals surface area contributed by atoms with Gasteiger partial charge in [-0.2, -0.15) is 0 Å². The van der Waals surface area contributed by atoms with Gasteiger partial charge < -0.3 is 4.74 Å². The van der Waals surface area contributed by atoms with Gasteiger partial charge in [0, 0.05) is 30.2 Å². The van der Waals surface area contributed by atoms with E-state index in [4.69, 9.17) is 4.74 Å². The lowest BCUT2D eigenvalue weighted by atomic mass is 10.1. The second kappa shape index (κ2) is 7.79. The zero-order valence-electron chi connectivity index (χ0n) is 13.2. The van der Waals surface area contributed by atoms with Crippen LogP contribution in [0.4, 0.5) is 0 Å². The molecule has 0 unspecified atom stereocenters. The zero-order chi connectivity index (χ0) is 17.5. The molecule has 5 heteroatoms. The lowest BCUT2D eigenvalue weighted by molar-refractivity contribution is 0.0727. The molecule has 3 aromatic rings. The minimum absolute atomic E-state index is 0.0901. The highest BCUT2D eigenvalue weighted by molar-refractivity contribution is 6.06. The molecule has 0 fully saturated rings. The minimum atomic E-state index is -0.525.